The maximum absolute atomic E-state index is 12.9. The van der Waals surface area contributed by atoms with Crippen LogP contribution < -0.4 is 25.6 Å². The third kappa shape index (κ3) is 6.27. The molecule has 8 nitrogen and oxygen atoms in total. The third-order valence-electron chi connectivity index (χ3n) is 6.44. The number of ether oxygens (including phenoxy) is 1. The van der Waals surface area contributed by atoms with Crippen molar-refractivity contribution in [3.05, 3.63) is 76.8 Å². The summed E-state index contributed by atoms with van der Waals surface area (Å²) in [4.78, 5) is 29.5. The fraction of sp³-hybridized carbons (Fsp3) is 0.286. The van der Waals surface area contributed by atoms with Gasteiger partial charge in [-0.05, 0) is 74.4 Å². The lowest BCUT2D eigenvalue weighted by atomic mass is 10.1. The summed E-state index contributed by atoms with van der Waals surface area (Å²) in [7, 11) is 1.57. The molecular formula is C28H32ClN5O3. The van der Waals surface area contributed by atoms with E-state index in [9.17, 15) is 9.59 Å². The summed E-state index contributed by atoms with van der Waals surface area (Å²) in [5, 5.41) is 9.19. The molecule has 1 heterocycles. The fourth-order valence-electron chi connectivity index (χ4n) is 4.42. The number of nitrogens with one attached hydrogen (secondary N) is 3. The zero-order valence-corrected chi connectivity index (χ0v) is 22.2. The van der Waals surface area contributed by atoms with Crippen molar-refractivity contribution >= 4 is 46.4 Å². The molecule has 1 fully saturated rings. The van der Waals surface area contributed by atoms with Crippen LogP contribution in [0.1, 0.15) is 18.1 Å². The number of nitrogens with zero attached hydrogens (tertiary/aromatic N) is 2. The number of halogens is 1. The average Bonchev–Trinajstić information content (AvgIpc) is 2.86. The Kier molecular flexibility index (Phi) is 8.08. The number of carbonyl (C=O) groups is 2. The smallest absolute Gasteiger partial charge is 0.323 e. The van der Waals surface area contributed by atoms with Crippen LogP contribution >= 0.6 is 11.6 Å². The Morgan fingerprint density at radius 1 is 0.973 bits per heavy atom. The monoisotopic (exact) mass is 521 g/mol. The second-order valence-corrected chi connectivity index (χ2v) is 9.59. The summed E-state index contributed by atoms with van der Waals surface area (Å²) in [6, 6.07) is 18.3. The van der Waals surface area contributed by atoms with Crippen molar-refractivity contribution in [1.29, 1.82) is 0 Å². The number of anilines is 4. The second-order valence-electron chi connectivity index (χ2n) is 9.18. The Hall–Kier alpha value is -3.91. The number of carbonyl (C=O) groups excluding carboxylic acids is 2. The van der Waals surface area contributed by atoms with Gasteiger partial charge in [0.15, 0.2) is 0 Å². The molecule has 0 spiro atoms. The number of aryl methyl sites for hydroxylation is 2. The molecular weight excluding hydrogens is 490 g/mol. The Bertz CT molecular complexity index is 1260. The number of piperazine rings is 1. The summed E-state index contributed by atoms with van der Waals surface area (Å²) in [5.74, 6) is 0.597. The van der Waals surface area contributed by atoms with Crippen molar-refractivity contribution in [1.82, 2.24) is 4.90 Å². The SMILES string of the molecule is COc1ccc(C)cc1NC(=O)Nc1ccc(N2CCN(C(=O)Nc3c(C)cccc3Cl)C(C)C2)cc1. The van der Waals surface area contributed by atoms with Gasteiger partial charge in [0.2, 0.25) is 0 Å². The molecule has 4 rings (SSSR count). The first-order chi connectivity index (χ1) is 17.7. The molecule has 0 saturated carbocycles. The number of amides is 4. The number of urea groups is 2. The van der Waals surface area contributed by atoms with Gasteiger partial charge in [0.25, 0.3) is 0 Å². The topological polar surface area (TPSA) is 85.9 Å². The summed E-state index contributed by atoms with van der Waals surface area (Å²) >= 11 is 6.28. The lowest BCUT2D eigenvalue weighted by Gasteiger charge is -2.41. The van der Waals surface area contributed by atoms with Crippen LogP contribution in [0.25, 0.3) is 0 Å². The maximum Gasteiger partial charge on any atom is 0.323 e. The minimum Gasteiger partial charge on any atom is -0.495 e. The number of para-hydroxylation sites is 1. The van der Waals surface area contributed by atoms with E-state index in [4.69, 9.17) is 16.3 Å². The Labute approximate surface area is 222 Å². The molecule has 9 heteroatoms. The number of hydrogen-bond acceptors (Lipinski definition) is 4. The summed E-state index contributed by atoms with van der Waals surface area (Å²) in [6.07, 6.45) is 0. The van der Waals surface area contributed by atoms with Crippen LogP contribution in [0.15, 0.2) is 60.7 Å². The molecule has 1 unspecified atom stereocenters. The first kappa shape index (κ1) is 26.2. The van der Waals surface area contributed by atoms with Crippen LogP contribution in [0.3, 0.4) is 0 Å². The Balaban J connectivity index is 1.33. The molecule has 1 aliphatic heterocycles. The molecule has 194 valence electrons. The van der Waals surface area contributed by atoms with E-state index in [0.717, 1.165) is 16.8 Å². The highest BCUT2D eigenvalue weighted by atomic mass is 35.5. The van der Waals surface area contributed by atoms with Gasteiger partial charge in [-0.25, -0.2) is 9.59 Å². The van der Waals surface area contributed by atoms with Gasteiger partial charge >= 0.3 is 12.1 Å². The van der Waals surface area contributed by atoms with E-state index in [1.807, 2.05) is 80.3 Å². The largest absolute Gasteiger partial charge is 0.495 e. The van der Waals surface area contributed by atoms with Gasteiger partial charge in [0.1, 0.15) is 5.75 Å². The van der Waals surface area contributed by atoms with Gasteiger partial charge in [-0.15, -0.1) is 0 Å². The zero-order valence-electron chi connectivity index (χ0n) is 21.5. The van der Waals surface area contributed by atoms with E-state index in [2.05, 4.69) is 20.9 Å². The van der Waals surface area contributed by atoms with Crippen molar-refractivity contribution in [2.24, 2.45) is 0 Å². The van der Waals surface area contributed by atoms with Crippen LogP contribution in [0.4, 0.5) is 32.3 Å². The lowest BCUT2D eigenvalue weighted by Crippen LogP contribution is -2.55. The predicted molar refractivity (Wildman–Crippen MR) is 150 cm³/mol. The molecule has 1 aliphatic rings. The van der Waals surface area contributed by atoms with Crippen LogP contribution in [0, 0.1) is 13.8 Å². The minimum atomic E-state index is -0.348. The number of hydrogen-bond donors (Lipinski definition) is 3. The second kappa shape index (κ2) is 11.4. The molecule has 4 amide bonds. The quantitative estimate of drug-likeness (QED) is 0.365. The molecule has 0 aliphatic carbocycles. The van der Waals surface area contributed by atoms with Crippen LogP contribution in [0.5, 0.6) is 5.75 Å². The Morgan fingerprint density at radius 2 is 1.73 bits per heavy atom. The first-order valence-electron chi connectivity index (χ1n) is 12.2. The zero-order chi connectivity index (χ0) is 26.5. The number of benzene rings is 3. The lowest BCUT2D eigenvalue weighted by molar-refractivity contribution is 0.185. The molecule has 3 aromatic rings. The molecule has 37 heavy (non-hydrogen) atoms. The van der Waals surface area contributed by atoms with Crippen LogP contribution in [-0.4, -0.2) is 49.7 Å². The van der Waals surface area contributed by atoms with Crippen LogP contribution in [0.2, 0.25) is 5.02 Å². The molecule has 3 N–H and O–H groups in total. The molecule has 1 saturated heterocycles. The highest BCUT2D eigenvalue weighted by Gasteiger charge is 2.28. The standard InChI is InChI=1S/C28H32ClN5O3/c1-18-8-13-25(37-4)24(16-18)31-27(35)30-21-9-11-22(12-10-21)33-14-15-34(20(3)17-33)28(36)32-26-19(2)6-5-7-23(26)29/h5-13,16,20H,14-15,17H2,1-4H3,(H,32,36)(H2,30,31,35). The third-order valence-corrected chi connectivity index (χ3v) is 6.75. The van der Waals surface area contributed by atoms with E-state index >= 15 is 0 Å². The highest BCUT2D eigenvalue weighted by Crippen LogP contribution is 2.28. The summed E-state index contributed by atoms with van der Waals surface area (Å²) in [5.41, 5.74) is 4.90. The van der Waals surface area contributed by atoms with E-state index < -0.39 is 0 Å². The Morgan fingerprint density at radius 3 is 2.41 bits per heavy atom. The van der Waals surface area contributed by atoms with Crippen molar-refractivity contribution < 1.29 is 14.3 Å². The van der Waals surface area contributed by atoms with Gasteiger partial charge in [-0.2, -0.15) is 0 Å². The minimum absolute atomic E-state index is 0.00410. The first-order valence-corrected chi connectivity index (χ1v) is 12.5. The van der Waals surface area contributed by atoms with E-state index in [-0.39, 0.29) is 18.1 Å². The van der Waals surface area contributed by atoms with Crippen LogP contribution in [-0.2, 0) is 0 Å². The van der Waals surface area contributed by atoms with Crippen molar-refractivity contribution in [3.8, 4) is 5.75 Å². The van der Waals surface area contributed by atoms with Gasteiger partial charge in [0.05, 0.1) is 23.5 Å². The van der Waals surface area contributed by atoms with Gasteiger partial charge in [0, 0.05) is 37.1 Å². The van der Waals surface area contributed by atoms with E-state index in [0.29, 0.717) is 47.5 Å². The van der Waals surface area contributed by atoms with Gasteiger partial charge in [-0.1, -0.05) is 29.8 Å². The van der Waals surface area contributed by atoms with Gasteiger partial charge < -0.3 is 30.5 Å². The molecule has 1 atom stereocenters. The van der Waals surface area contributed by atoms with Crippen molar-refractivity contribution in [2.75, 3.05) is 47.6 Å². The molecule has 0 aromatic heterocycles. The van der Waals surface area contributed by atoms with E-state index in [1.54, 1.807) is 13.2 Å². The summed E-state index contributed by atoms with van der Waals surface area (Å²) in [6.45, 7) is 7.87. The van der Waals surface area contributed by atoms with E-state index in [1.165, 1.54) is 0 Å². The van der Waals surface area contributed by atoms with Gasteiger partial charge in [-0.3, -0.25) is 0 Å². The molecule has 3 aromatic carbocycles. The molecule has 0 bridgehead atoms. The maximum atomic E-state index is 12.9. The fourth-order valence-corrected chi connectivity index (χ4v) is 4.69. The number of methoxy groups -OCH3 is 1. The number of rotatable bonds is 5. The average molecular weight is 522 g/mol. The molecule has 0 radical (unpaired) electrons. The summed E-state index contributed by atoms with van der Waals surface area (Å²) < 4.78 is 5.32. The van der Waals surface area contributed by atoms with Crippen molar-refractivity contribution in [3.63, 3.8) is 0 Å². The predicted octanol–water partition coefficient (Wildman–Crippen LogP) is 6.35. The van der Waals surface area contributed by atoms with Crippen molar-refractivity contribution in [2.45, 2.75) is 26.8 Å². The normalized spacial score (nSPS) is 15.2. The highest BCUT2D eigenvalue weighted by molar-refractivity contribution is 6.33.